The van der Waals surface area contributed by atoms with Crippen molar-refractivity contribution in [2.24, 2.45) is 0 Å². The zero-order valence-corrected chi connectivity index (χ0v) is 21.5. The second kappa shape index (κ2) is 12.0. The number of pyridine rings is 1. The number of piperidine rings is 1. The minimum absolute atomic E-state index is 0.121. The van der Waals surface area contributed by atoms with Gasteiger partial charge in [-0.05, 0) is 38.8 Å². The Morgan fingerprint density at radius 1 is 1.08 bits per heavy atom. The number of hydrogen-bond donors (Lipinski definition) is 1. The van der Waals surface area contributed by atoms with E-state index in [1.54, 1.807) is 11.5 Å². The molecule has 0 saturated carbocycles. The zero-order valence-electron chi connectivity index (χ0n) is 21.5. The summed E-state index contributed by atoms with van der Waals surface area (Å²) < 4.78 is 79.0. The van der Waals surface area contributed by atoms with Crippen molar-refractivity contribution in [2.45, 2.75) is 51.9 Å². The van der Waals surface area contributed by atoms with Crippen LogP contribution < -0.4 is 11.2 Å². The van der Waals surface area contributed by atoms with Crippen molar-refractivity contribution in [3.63, 3.8) is 0 Å². The van der Waals surface area contributed by atoms with E-state index >= 15 is 0 Å². The van der Waals surface area contributed by atoms with Crippen LogP contribution in [0, 0.1) is 25.5 Å². The number of aromatic amines is 1. The van der Waals surface area contributed by atoms with Gasteiger partial charge in [-0.1, -0.05) is 12.1 Å². The van der Waals surface area contributed by atoms with Crippen molar-refractivity contribution in [1.82, 2.24) is 19.0 Å². The highest BCUT2D eigenvalue weighted by Crippen LogP contribution is 2.27. The van der Waals surface area contributed by atoms with Crippen LogP contribution in [-0.2, 0) is 17.8 Å². The smallest absolute Gasteiger partial charge is 0.342 e. The number of H-pyrrole nitrogens is 1. The quantitative estimate of drug-likeness (QED) is 0.470. The predicted octanol–water partition coefficient (Wildman–Crippen LogP) is 4.45. The molecule has 1 amide bonds. The van der Waals surface area contributed by atoms with Crippen LogP contribution in [0.5, 0.6) is 0 Å². The predicted molar refractivity (Wildman–Crippen MR) is 132 cm³/mol. The number of rotatable bonds is 5. The SMILES string of the molecule is CF.Cc1[nH]c(=O)n(C2CCN(C(=O)Cc3cc(-c4cccc(F)c4F)cn(CC(F)(F)F)c3=O)CC2)c1C. The van der Waals surface area contributed by atoms with Crippen molar-refractivity contribution in [3.8, 4) is 11.1 Å². The molecule has 1 aliphatic heterocycles. The third-order valence-corrected chi connectivity index (χ3v) is 6.71. The lowest BCUT2D eigenvalue weighted by Gasteiger charge is -2.33. The molecule has 2 aromatic heterocycles. The molecule has 7 nitrogen and oxygen atoms in total. The number of amides is 1. The number of carbonyl (C=O) groups is 1. The summed E-state index contributed by atoms with van der Waals surface area (Å²) in [5.74, 6) is -2.96. The van der Waals surface area contributed by atoms with E-state index in [0.717, 1.165) is 29.7 Å². The Kier molecular flexibility index (Phi) is 9.13. The molecule has 212 valence electrons. The van der Waals surface area contributed by atoms with Crippen molar-refractivity contribution >= 4 is 5.91 Å². The molecule has 1 fully saturated rings. The van der Waals surface area contributed by atoms with Gasteiger partial charge in [0.15, 0.2) is 11.6 Å². The summed E-state index contributed by atoms with van der Waals surface area (Å²) in [4.78, 5) is 42.3. The number of hydrogen-bond acceptors (Lipinski definition) is 3. The van der Waals surface area contributed by atoms with Gasteiger partial charge in [0.1, 0.15) is 6.54 Å². The van der Waals surface area contributed by atoms with E-state index in [9.17, 15) is 40.7 Å². The maximum atomic E-state index is 14.4. The Hall–Kier alpha value is -3.77. The number of aryl methyl sites for hydroxylation is 1. The Bertz CT molecular complexity index is 1450. The minimum Gasteiger partial charge on any atom is -0.342 e. The standard InChI is InChI=1S/C25H25F5N4O3.CH3F/c1-14-15(2)34(24(37)31-14)18-6-8-32(9-7-18)21(35)11-16-10-17(19-4-3-5-20(26)22(19)27)12-33(23(16)36)13-25(28,29)30;1-2/h3-5,10,12,18H,6-9,11,13H2,1-2H3,(H,31,37);1H3. The highest BCUT2D eigenvalue weighted by molar-refractivity contribution is 5.79. The topological polar surface area (TPSA) is 80.1 Å². The van der Waals surface area contributed by atoms with E-state index in [-0.39, 0.29) is 41.5 Å². The fraction of sp³-hybridized carbons (Fsp3) is 0.423. The van der Waals surface area contributed by atoms with Crippen LogP contribution in [0.2, 0.25) is 0 Å². The van der Waals surface area contributed by atoms with Crippen LogP contribution in [0.3, 0.4) is 0 Å². The van der Waals surface area contributed by atoms with E-state index in [2.05, 4.69) is 4.98 Å². The Morgan fingerprint density at radius 3 is 2.28 bits per heavy atom. The number of nitrogens with one attached hydrogen (secondary N) is 1. The highest BCUT2D eigenvalue weighted by Gasteiger charge is 2.30. The molecule has 1 aromatic carbocycles. The Morgan fingerprint density at radius 2 is 1.72 bits per heavy atom. The average molecular weight is 559 g/mol. The monoisotopic (exact) mass is 558 g/mol. The average Bonchev–Trinajstić information content (AvgIpc) is 3.14. The molecule has 0 unspecified atom stereocenters. The largest absolute Gasteiger partial charge is 0.406 e. The lowest BCUT2D eigenvalue weighted by molar-refractivity contribution is -0.141. The summed E-state index contributed by atoms with van der Waals surface area (Å²) in [6.45, 7) is 2.54. The number of halogens is 6. The van der Waals surface area contributed by atoms with E-state index in [4.69, 9.17) is 0 Å². The number of alkyl halides is 4. The number of likely N-dealkylation sites (tertiary alicyclic amines) is 1. The maximum Gasteiger partial charge on any atom is 0.406 e. The number of nitrogens with zero attached hydrogens (tertiary/aromatic N) is 3. The molecule has 39 heavy (non-hydrogen) atoms. The first-order valence-corrected chi connectivity index (χ1v) is 12.0. The third kappa shape index (κ3) is 6.63. The van der Waals surface area contributed by atoms with Crippen molar-refractivity contribution in [3.05, 3.63) is 79.9 Å². The first-order chi connectivity index (χ1) is 18.4. The van der Waals surface area contributed by atoms with Gasteiger partial charge in [-0.2, -0.15) is 13.2 Å². The van der Waals surface area contributed by atoms with E-state index in [1.807, 2.05) is 6.92 Å². The van der Waals surface area contributed by atoms with Gasteiger partial charge in [-0.15, -0.1) is 0 Å². The second-order valence-corrected chi connectivity index (χ2v) is 9.20. The molecule has 0 radical (unpaired) electrons. The van der Waals surface area contributed by atoms with Gasteiger partial charge in [-0.25, -0.2) is 13.6 Å². The van der Waals surface area contributed by atoms with Crippen LogP contribution in [0.4, 0.5) is 26.3 Å². The summed E-state index contributed by atoms with van der Waals surface area (Å²) in [5.41, 5.74) is -0.439. The van der Waals surface area contributed by atoms with E-state index in [0.29, 0.717) is 24.6 Å². The number of aromatic nitrogens is 3. The van der Waals surface area contributed by atoms with E-state index < -0.39 is 42.2 Å². The lowest BCUT2D eigenvalue weighted by atomic mass is 10.0. The van der Waals surface area contributed by atoms with Gasteiger partial charge in [-0.3, -0.25) is 18.5 Å². The molecular weight excluding hydrogens is 530 g/mol. The van der Waals surface area contributed by atoms with Gasteiger partial charge < -0.3 is 14.5 Å². The fourth-order valence-corrected chi connectivity index (χ4v) is 4.74. The number of imidazole rings is 1. The molecule has 1 aliphatic rings. The zero-order chi connectivity index (χ0) is 29.1. The molecule has 0 atom stereocenters. The highest BCUT2D eigenvalue weighted by atomic mass is 19.4. The van der Waals surface area contributed by atoms with Crippen molar-refractivity contribution in [1.29, 1.82) is 0 Å². The molecule has 0 aliphatic carbocycles. The van der Waals surface area contributed by atoms with Crippen LogP contribution >= 0.6 is 0 Å². The lowest BCUT2D eigenvalue weighted by Crippen LogP contribution is -2.42. The van der Waals surface area contributed by atoms with Gasteiger partial charge in [0.2, 0.25) is 5.91 Å². The molecule has 0 spiro atoms. The molecule has 4 rings (SSSR count). The minimum atomic E-state index is -4.75. The summed E-state index contributed by atoms with van der Waals surface area (Å²) >= 11 is 0. The van der Waals surface area contributed by atoms with Crippen LogP contribution in [0.25, 0.3) is 11.1 Å². The fourth-order valence-electron chi connectivity index (χ4n) is 4.74. The molecule has 3 heterocycles. The molecule has 1 N–H and O–H groups in total. The first-order valence-electron chi connectivity index (χ1n) is 12.0. The van der Waals surface area contributed by atoms with Gasteiger partial charge in [0.05, 0.1) is 13.6 Å². The molecule has 0 bridgehead atoms. The third-order valence-electron chi connectivity index (χ3n) is 6.71. The van der Waals surface area contributed by atoms with Crippen molar-refractivity contribution < 1.29 is 31.1 Å². The van der Waals surface area contributed by atoms with Crippen LogP contribution in [0.1, 0.15) is 35.8 Å². The number of carbonyl (C=O) groups excluding carboxylic acids is 1. The van der Waals surface area contributed by atoms with Gasteiger partial charge in [0.25, 0.3) is 5.56 Å². The summed E-state index contributed by atoms with van der Waals surface area (Å²) in [6.07, 6.45) is -3.48. The van der Waals surface area contributed by atoms with E-state index in [1.165, 1.54) is 17.0 Å². The second-order valence-electron chi connectivity index (χ2n) is 9.20. The van der Waals surface area contributed by atoms with Crippen LogP contribution in [-0.4, -0.2) is 51.4 Å². The molecule has 3 aromatic rings. The summed E-state index contributed by atoms with van der Waals surface area (Å²) in [6, 6.07) is 4.25. The first kappa shape index (κ1) is 29.8. The Labute approximate surface area is 219 Å². The van der Waals surface area contributed by atoms with Crippen LogP contribution in [0.15, 0.2) is 40.1 Å². The molecular formula is C26H28F6N4O3. The van der Waals surface area contributed by atoms with Gasteiger partial charge >= 0.3 is 11.9 Å². The molecule has 1 saturated heterocycles. The Balaban J connectivity index is 0.00000205. The maximum absolute atomic E-state index is 14.4. The summed E-state index contributed by atoms with van der Waals surface area (Å²) in [5, 5.41) is 0. The molecule has 13 heteroatoms. The summed E-state index contributed by atoms with van der Waals surface area (Å²) in [7, 11) is 0.500. The number of benzene rings is 1. The normalized spacial score (nSPS) is 14.2. The van der Waals surface area contributed by atoms with Crippen molar-refractivity contribution in [2.75, 3.05) is 20.3 Å². The van der Waals surface area contributed by atoms with Gasteiger partial charge in [0, 0.05) is 53.4 Å².